The van der Waals surface area contributed by atoms with Gasteiger partial charge in [-0.1, -0.05) is 13.3 Å². The van der Waals surface area contributed by atoms with Crippen molar-refractivity contribution in [3.05, 3.63) is 21.9 Å². The third-order valence-electron chi connectivity index (χ3n) is 2.77. The maximum absolute atomic E-state index is 12.0. The third kappa shape index (κ3) is 4.67. The summed E-state index contributed by atoms with van der Waals surface area (Å²) in [5.74, 6) is -1.16. The zero-order valence-corrected chi connectivity index (χ0v) is 12.4. The van der Waals surface area contributed by atoms with Crippen LogP contribution in [0, 0.1) is 5.41 Å². The van der Waals surface area contributed by atoms with E-state index in [9.17, 15) is 9.59 Å². The van der Waals surface area contributed by atoms with Crippen molar-refractivity contribution in [2.45, 2.75) is 40.0 Å². The summed E-state index contributed by atoms with van der Waals surface area (Å²) in [5.41, 5.74) is -0.631. The maximum Gasteiger partial charge on any atom is 0.345 e. The van der Waals surface area contributed by atoms with Crippen LogP contribution in [0.4, 0.5) is 0 Å². The van der Waals surface area contributed by atoms with Gasteiger partial charge in [0.15, 0.2) is 0 Å². The minimum absolute atomic E-state index is 0.230. The standard InChI is InChI=1S/C14H20O4S/c1-4-5-8-18-13(17)14(2,3)9-10-6-7-11(19-10)12(15)16/h6-7H,4-5,8-9H2,1-3H3,(H,15,16). The van der Waals surface area contributed by atoms with Crippen LogP contribution in [0.5, 0.6) is 0 Å². The first kappa shape index (κ1) is 15.7. The summed E-state index contributed by atoms with van der Waals surface area (Å²) in [4.78, 5) is 23.9. The van der Waals surface area contributed by atoms with Gasteiger partial charge in [0.2, 0.25) is 0 Å². The van der Waals surface area contributed by atoms with Crippen molar-refractivity contribution >= 4 is 23.3 Å². The summed E-state index contributed by atoms with van der Waals surface area (Å²) in [6, 6.07) is 3.33. The fraction of sp³-hybridized carbons (Fsp3) is 0.571. The predicted octanol–water partition coefficient (Wildman–Crippen LogP) is 3.36. The Balaban J connectivity index is 2.61. The topological polar surface area (TPSA) is 63.6 Å². The number of carboxylic acid groups (broad SMARTS) is 1. The molecule has 106 valence electrons. The summed E-state index contributed by atoms with van der Waals surface area (Å²) in [5, 5.41) is 8.87. The third-order valence-corrected chi connectivity index (χ3v) is 3.85. The van der Waals surface area contributed by atoms with E-state index >= 15 is 0 Å². The highest BCUT2D eigenvalue weighted by molar-refractivity contribution is 7.13. The molecule has 0 saturated carbocycles. The molecule has 1 aromatic rings. The van der Waals surface area contributed by atoms with Crippen molar-refractivity contribution in [2.75, 3.05) is 6.61 Å². The van der Waals surface area contributed by atoms with Gasteiger partial charge in [-0.05, 0) is 38.8 Å². The molecule has 1 aromatic heterocycles. The molecule has 0 aliphatic rings. The minimum atomic E-state index is -0.931. The fourth-order valence-electron chi connectivity index (χ4n) is 1.60. The number of carboxylic acids is 1. The lowest BCUT2D eigenvalue weighted by molar-refractivity contribution is -0.154. The van der Waals surface area contributed by atoms with E-state index < -0.39 is 11.4 Å². The average Bonchev–Trinajstić information content (AvgIpc) is 2.77. The van der Waals surface area contributed by atoms with Gasteiger partial charge in [-0.25, -0.2) is 4.79 Å². The Hall–Kier alpha value is -1.36. The second-order valence-electron chi connectivity index (χ2n) is 5.12. The van der Waals surface area contributed by atoms with E-state index in [-0.39, 0.29) is 5.97 Å². The molecule has 0 aliphatic carbocycles. The quantitative estimate of drug-likeness (QED) is 0.616. The average molecular weight is 284 g/mol. The summed E-state index contributed by atoms with van der Waals surface area (Å²) in [6.45, 7) is 6.13. The van der Waals surface area contributed by atoms with Crippen molar-refractivity contribution in [2.24, 2.45) is 5.41 Å². The fourth-order valence-corrected chi connectivity index (χ4v) is 2.68. The molecule has 0 atom stereocenters. The molecule has 0 fully saturated rings. The number of hydrogen-bond acceptors (Lipinski definition) is 4. The van der Waals surface area contributed by atoms with E-state index in [1.165, 1.54) is 11.3 Å². The Bertz CT molecular complexity index is 448. The van der Waals surface area contributed by atoms with Crippen LogP contribution in [0.1, 0.15) is 48.2 Å². The van der Waals surface area contributed by atoms with Crippen LogP contribution in [0.3, 0.4) is 0 Å². The Kier molecular flexibility index (Phi) is 5.54. The summed E-state index contributed by atoms with van der Waals surface area (Å²) >= 11 is 1.21. The highest BCUT2D eigenvalue weighted by Crippen LogP contribution is 2.28. The molecule has 19 heavy (non-hydrogen) atoms. The number of thiophene rings is 1. The molecule has 1 N–H and O–H groups in total. The first-order chi connectivity index (χ1) is 8.86. The van der Waals surface area contributed by atoms with E-state index in [2.05, 4.69) is 0 Å². The number of carbonyl (C=O) groups is 2. The van der Waals surface area contributed by atoms with Gasteiger partial charge < -0.3 is 9.84 Å². The summed E-state index contributed by atoms with van der Waals surface area (Å²) in [6.07, 6.45) is 2.35. The second kappa shape index (κ2) is 6.70. The molecule has 0 saturated heterocycles. The smallest absolute Gasteiger partial charge is 0.345 e. The Morgan fingerprint density at radius 1 is 1.37 bits per heavy atom. The molecule has 0 radical (unpaired) electrons. The molecule has 0 spiro atoms. The van der Waals surface area contributed by atoms with Crippen LogP contribution in [-0.2, 0) is 16.0 Å². The van der Waals surface area contributed by atoms with Gasteiger partial charge in [0.1, 0.15) is 4.88 Å². The highest BCUT2D eigenvalue weighted by atomic mass is 32.1. The Labute approximate surface area is 117 Å². The van der Waals surface area contributed by atoms with Crippen molar-refractivity contribution in [1.82, 2.24) is 0 Å². The van der Waals surface area contributed by atoms with E-state index in [4.69, 9.17) is 9.84 Å². The molecular formula is C14H20O4S. The van der Waals surface area contributed by atoms with E-state index in [1.807, 2.05) is 20.8 Å². The number of esters is 1. The second-order valence-corrected chi connectivity index (χ2v) is 6.29. The number of carbonyl (C=O) groups excluding carboxylic acids is 1. The molecule has 0 bridgehead atoms. The predicted molar refractivity (Wildman–Crippen MR) is 74.6 cm³/mol. The molecule has 0 amide bonds. The monoisotopic (exact) mass is 284 g/mol. The lowest BCUT2D eigenvalue weighted by Crippen LogP contribution is -2.29. The molecule has 5 heteroatoms. The summed E-state index contributed by atoms with van der Waals surface area (Å²) < 4.78 is 5.22. The van der Waals surface area contributed by atoms with Crippen molar-refractivity contribution in [1.29, 1.82) is 0 Å². The first-order valence-electron chi connectivity index (χ1n) is 6.36. The van der Waals surface area contributed by atoms with Gasteiger partial charge in [0.25, 0.3) is 0 Å². The number of aromatic carboxylic acids is 1. The van der Waals surface area contributed by atoms with Crippen LogP contribution >= 0.6 is 11.3 Å². The molecule has 4 nitrogen and oxygen atoms in total. The molecule has 1 heterocycles. The van der Waals surface area contributed by atoms with Gasteiger partial charge in [-0.3, -0.25) is 4.79 Å². The minimum Gasteiger partial charge on any atom is -0.477 e. The van der Waals surface area contributed by atoms with Gasteiger partial charge in [0.05, 0.1) is 12.0 Å². The highest BCUT2D eigenvalue weighted by Gasteiger charge is 2.30. The van der Waals surface area contributed by atoms with Gasteiger partial charge in [-0.2, -0.15) is 0 Å². The molecule has 0 aliphatic heterocycles. The Morgan fingerprint density at radius 3 is 2.58 bits per heavy atom. The van der Waals surface area contributed by atoms with Crippen molar-refractivity contribution in [3.63, 3.8) is 0 Å². The van der Waals surface area contributed by atoms with Crippen LogP contribution in [0.2, 0.25) is 0 Å². The van der Waals surface area contributed by atoms with E-state index in [0.29, 0.717) is 17.9 Å². The number of unbranched alkanes of at least 4 members (excludes halogenated alkanes) is 1. The van der Waals surface area contributed by atoms with E-state index in [0.717, 1.165) is 17.7 Å². The lowest BCUT2D eigenvalue weighted by Gasteiger charge is -2.21. The maximum atomic E-state index is 12.0. The van der Waals surface area contributed by atoms with Crippen molar-refractivity contribution < 1.29 is 19.4 Å². The molecular weight excluding hydrogens is 264 g/mol. The van der Waals surface area contributed by atoms with Gasteiger partial charge in [0, 0.05) is 4.88 Å². The largest absolute Gasteiger partial charge is 0.477 e. The van der Waals surface area contributed by atoms with Gasteiger partial charge >= 0.3 is 11.9 Å². The van der Waals surface area contributed by atoms with Crippen LogP contribution in [-0.4, -0.2) is 23.7 Å². The Morgan fingerprint density at radius 2 is 2.05 bits per heavy atom. The van der Waals surface area contributed by atoms with Crippen LogP contribution in [0.15, 0.2) is 12.1 Å². The molecule has 0 unspecified atom stereocenters. The van der Waals surface area contributed by atoms with E-state index in [1.54, 1.807) is 12.1 Å². The zero-order chi connectivity index (χ0) is 14.5. The van der Waals surface area contributed by atoms with Crippen molar-refractivity contribution in [3.8, 4) is 0 Å². The van der Waals surface area contributed by atoms with Gasteiger partial charge in [-0.15, -0.1) is 11.3 Å². The molecule has 0 aromatic carbocycles. The van der Waals surface area contributed by atoms with Crippen LogP contribution < -0.4 is 0 Å². The number of hydrogen-bond donors (Lipinski definition) is 1. The number of rotatable bonds is 7. The lowest BCUT2D eigenvalue weighted by atomic mass is 9.89. The van der Waals surface area contributed by atoms with Crippen LogP contribution in [0.25, 0.3) is 0 Å². The normalized spacial score (nSPS) is 11.3. The number of ether oxygens (including phenoxy) is 1. The zero-order valence-electron chi connectivity index (χ0n) is 11.6. The SMILES string of the molecule is CCCCOC(=O)C(C)(C)Cc1ccc(C(=O)O)s1. The summed E-state index contributed by atoms with van der Waals surface area (Å²) in [7, 11) is 0. The first-order valence-corrected chi connectivity index (χ1v) is 7.17. The molecule has 1 rings (SSSR count).